The maximum atomic E-state index is 5.12. The van der Waals surface area contributed by atoms with Crippen LogP contribution in [0.1, 0.15) is 31.9 Å². The van der Waals surface area contributed by atoms with E-state index in [0.29, 0.717) is 12.1 Å². The van der Waals surface area contributed by atoms with Crippen molar-refractivity contribution in [3.63, 3.8) is 0 Å². The normalized spacial score (nSPS) is 14.5. The minimum absolute atomic E-state index is 0.358. The van der Waals surface area contributed by atoms with Gasteiger partial charge in [-0.15, -0.1) is 0 Å². The van der Waals surface area contributed by atoms with Crippen LogP contribution in [-0.4, -0.2) is 19.8 Å². The van der Waals surface area contributed by atoms with Crippen LogP contribution in [0.15, 0.2) is 42.5 Å². The highest BCUT2D eigenvalue weighted by molar-refractivity contribution is 5.83. The fraction of sp³-hybridized carbons (Fsp3) is 0.412. The number of hydrogen-bond donors (Lipinski definition) is 1. The minimum atomic E-state index is 0.358. The summed E-state index contributed by atoms with van der Waals surface area (Å²) in [5.74, 6) is 0. The van der Waals surface area contributed by atoms with Crippen molar-refractivity contribution in [1.82, 2.24) is 5.32 Å². The van der Waals surface area contributed by atoms with Gasteiger partial charge in [-0.2, -0.15) is 0 Å². The lowest BCUT2D eigenvalue weighted by Crippen LogP contribution is -2.29. The number of hydrogen-bond acceptors (Lipinski definition) is 2. The maximum absolute atomic E-state index is 5.12. The van der Waals surface area contributed by atoms with Gasteiger partial charge in [-0.25, -0.2) is 0 Å². The summed E-state index contributed by atoms with van der Waals surface area (Å²) in [6.45, 7) is 5.22. The third kappa shape index (κ3) is 3.79. The molecule has 0 aliphatic carbocycles. The number of methoxy groups -OCH3 is 1. The van der Waals surface area contributed by atoms with Gasteiger partial charge in [0.1, 0.15) is 0 Å². The Morgan fingerprint density at radius 2 is 1.79 bits per heavy atom. The second-order valence-corrected chi connectivity index (χ2v) is 5.18. The molecule has 0 saturated carbocycles. The molecule has 2 atom stereocenters. The van der Waals surface area contributed by atoms with Crippen LogP contribution in [0.4, 0.5) is 0 Å². The largest absolute Gasteiger partial charge is 0.385 e. The number of fused-ring (bicyclic) bond motifs is 1. The molecule has 0 aliphatic rings. The van der Waals surface area contributed by atoms with Crippen molar-refractivity contribution in [2.45, 2.75) is 32.4 Å². The highest BCUT2D eigenvalue weighted by Crippen LogP contribution is 2.20. The Morgan fingerprint density at radius 1 is 1.05 bits per heavy atom. The standard InChI is InChI=1S/C17H23NO/c1-13(10-11-19-3)18-14(2)16-9-8-15-6-4-5-7-17(15)12-16/h4-9,12-14,18H,10-11H2,1-3H3. The second kappa shape index (κ2) is 6.69. The van der Waals surface area contributed by atoms with Crippen LogP contribution < -0.4 is 5.32 Å². The molecular weight excluding hydrogens is 234 g/mol. The zero-order chi connectivity index (χ0) is 13.7. The van der Waals surface area contributed by atoms with Gasteiger partial charge in [0.15, 0.2) is 0 Å². The van der Waals surface area contributed by atoms with Crippen LogP contribution >= 0.6 is 0 Å². The summed E-state index contributed by atoms with van der Waals surface area (Å²) in [7, 11) is 1.75. The third-order valence-electron chi connectivity index (χ3n) is 3.56. The van der Waals surface area contributed by atoms with Crippen LogP contribution in [0.2, 0.25) is 0 Å². The Bertz CT molecular complexity index is 523. The smallest absolute Gasteiger partial charge is 0.0476 e. The molecule has 2 unspecified atom stereocenters. The predicted molar refractivity (Wildman–Crippen MR) is 81.5 cm³/mol. The van der Waals surface area contributed by atoms with Crippen molar-refractivity contribution in [3.8, 4) is 0 Å². The van der Waals surface area contributed by atoms with Crippen molar-refractivity contribution >= 4 is 10.8 Å². The molecule has 1 N–H and O–H groups in total. The summed E-state index contributed by atoms with van der Waals surface area (Å²) in [5.41, 5.74) is 1.34. The van der Waals surface area contributed by atoms with Crippen molar-refractivity contribution in [2.24, 2.45) is 0 Å². The molecule has 2 heteroatoms. The molecule has 0 aromatic heterocycles. The molecule has 0 bridgehead atoms. The molecule has 0 saturated heterocycles. The number of ether oxygens (including phenoxy) is 1. The molecule has 2 aromatic rings. The van der Waals surface area contributed by atoms with Crippen LogP contribution in [0.3, 0.4) is 0 Å². The van der Waals surface area contributed by atoms with Crippen molar-refractivity contribution in [2.75, 3.05) is 13.7 Å². The number of benzene rings is 2. The summed E-state index contributed by atoms with van der Waals surface area (Å²) in [6.07, 6.45) is 1.04. The van der Waals surface area contributed by atoms with E-state index < -0.39 is 0 Å². The van der Waals surface area contributed by atoms with Gasteiger partial charge < -0.3 is 10.1 Å². The summed E-state index contributed by atoms with van der Waals surface area (Å²) >= 11 is 0. The van der Waals surface area contributed by atoms with Crippen molar-refractivity contribution < 1.29 is 4.74 Å². The average Bonchev–Trinajstić information content (AvgIpc) is 2.44. The van der Waals surface area contributed by atoms with Gasteiger partial charge in [-0.05, 0) is 42.7 Å². The van der Waals surface area contributed by atoms with Gasteiger partial charge in [0.05, 0.1) is 0 Å². The van der Waals surface area contributed by atoms with E-state index in [-0.39, 0.29) is 0 Å². The molecule has 19 heavy (non-hydrogen) atoms. The first-order valence-corrected chi connectivity index (χ1v) is 6.94. The Hall–Kier alpha value is -1.38. The summed E-state index contributed by atoms with van der Waals surface area (Å²) < 4.78 is 5.12. The van der Waals surface area contributed by atoms with E-state index in [0.717, 1.165) is 13.0 Å². The molecule has 2 rings (SSSR count). The number of rotatable bonds is 6. The minimum Gasteiger partial charge on any atom is -0.385 e. The lowest BCUT2D eigenvalue weighted by Gasteiger charge is -2.20. The van der Waals surface area contributed by atoms with Crippen molar-refractivity contribution in [1.29, 1.82) is 0 Å². The van der Waals surface area contributed by atoms with E-state index >= 15 is 0 Å². The highest BCUT2D eigenvalue weighted by atomic mass is 16.5. The molecule has 0 heterocycles. The van der Waals surface area contributed by atoms with Gasteiger partial charge in [-0.1, -0.05) is 36.4 Å². The first kappa shape index (κ1) is 14.0. The Balaban J connectivity index is 2.06. The third-order valence-corrected chi connectivity index (χ3v) is 3.56. The quantitative estimate of drug-likeness (QED) is 0.847. The monoisotopic (exact) mass is 257 g/mol. The van der Waals surface area contributed by atoms with Crippen LogP contribution in [0.25, 0.3) is 10.8 Å². The van der Waals surface area contributed by atoms with E-state index in [1.165, 1.54) is 16.3 Å². The van der Waals surface area contributed by atoms with E-state index in [1.807, 2.05) is 0 Å². The summed E-state index contributed by atoms with van der Waals surface area (Å²) in [5, 5.41) is 6.22. The van der Waals surface area contributed by atoms with Crippen LogP contribution in [0, 0.1) is 0 Å². The van der Waals surface area contributed by atoms with E-state index in [2.05, 4.69) is 61.6 Å². The van der Waals surface area contributed by atoms with Gasteiger partial charge in [-0.3, -0.25) is 0 Å². The Kier molecular flexibility index (Phi) is 4.94. The van der Waals surface area contributed by atoms with E-state index in [4.69, 9.17) is 4.74 Å². The Labute approximate surface area is 115 Å². The highest BCUT2D eigenvalue weighted by Gasteiger charge is 2.09. The molecule has 2 nitrogen and oxygen atoms in total. The molecule has 0 aliphatic heterocycles. The van der Waals surface area contributed by atoms with E-state index in [9.17, 15) is 0 Å². The SMILES string of the molecule is COCCC(C)NC(C)c1ccc2ccccc2c1. The zero-order valence-electron chi connectivity index (χ0n) is 12.0. The molecule has 102 valence electrons. The average molecular weight is 257 g/mol. The lowest BCUT2D eigenvalue weighted by molar-refractivity contribution is 0.183. The predicted octanol–water partition coefficient (Wildman–Crippen LogP) is 3.92. The summed E-state index contributed by atoms with van der Waals surface area (Å²) in [4.78, 5) is 0. The Morgan fingerprint density at radius 3 is 2.53 bits per heavy atom. The van der Waals surface area contributed by atoms with Crippen LogP contribution in [0.5, 0.6) is 0 Å². The number of nitrogens with one attached hydrogen (secondary N) is 1. The molecule has 0 spiro atoms. The van der Waals surface area contributed by atoms with Gasteiger partial charge in [0.2, 0.25) is 0 Å². The zero-order valence-corrected chi connectivity index (χ0v) is 12.0. The van der Waals surface area contributed by atoms with Gasteiger partial charge in [0, 0.05) is 25.8 Å². The molecule has 0 fully saturated rings. The second-order valence-electron chi connectivity index (χ2n) is 5.18. The maximum Gasteiger partial charge on any atom is 0.0476 e. The van der Waals surface area contributed by atoms with Gasteiger partial charge in [0.25, 0.3) is 0 Å². The molecule has 0 radical (unpaired) electrons. The fourth-order valence-electron chi connectivity index (χ4n) is 2.38. The topological polar surface area (TPSA) is 21.3 Å². The first-order chi connectivity index (χ1) is 9.20. The van der Waals surface area contributed by atoms with E-state index in [1.54, 1.807) is 7.11 Å². The lowest BCUT2D eigenvalue weighted by atomic mass is 10.0. The molecule has 2 aromatic carbocycles. The van der Waals surface area contributed by atoms with Crippen LogP contribution in [-0.2, 0) is 4.74 Å². The van der Waals surface area contributed by atoms with Crippen molar-refractivity contribution in [3.05, 3.63) is 48.0 Å². The fourth-order valence-corrected chi connectivity index (χ4v) is 2.38. The van der Waals surface area contributed by atoms with Gasteiger partial charge >= 0.3 is 0 Å². The summed E-state index contributed by atoms with van der Waals surface area (Å²) in [6, 6.07) is 16.0. The first-order valence-electron chi connectivity index (χ1n) is 6.94. The molecular formula is C17H23NO. The molecule has 0 amide bonds.